The number of carbonyl (C=O) groups excluding carboxylic acids is 1. The molecule has 2 fully saturated rings. The van der Waals surface area contributed by atoms with Crippen LogP contribution in [0.3, 0.4) is 0 Å². The number of nitrogen functional groups attached to an aromatic ring is 1. The summed E-state index contributed by atoms with van der Waals surface area (Å²) in [6, 6.07) is 15.6. The Hall–Kier alpha value is -2.54. The van der Waals surface area contributed by atoms with Gasteiger partial charge >= 0.3 is 5.97 Å². The highest BCUT2D eigenvalue weighted by Gasteiger charge is 2.47. The normalized spacial score (nSPS) is 24.0. The summed E-state index contributed by atoms with van der Waals surface area (Å²) >= 11 is 0. The van der Waals surface area contributed by atoms with Gasteiger partial charge in [-0.1, -0.05) is 51.1 Å². The molecule has 0 unspecified atom stereocenters. The lowest BCUT2D eigenvalue weighted by Gasteiger charge is -2.35. The van der Waals surface area contributed by atoms with Crippen molar-refractivity contribution in [1.29, 1.82) is 0 Å². The minimum Gasteiger partial charge on any atom is -0.462 e. The molecule has 232 valence electrons. The molecule has 42 heavy (non-hydrogen) atoms. The van der Waals surface area contributed by atoms with Crippen LogP contribution in [0.2, 0.25) is 0 Å². The number of aliphatic hydroxyl groups is 1. The van der Waals surface area contributed by atoms with E-state index in [1.54, 1.807) is 12.1 Å². The molecule has 2 aliphatic heterocycles. The van der Waals surface area contributed by atoms with Crippen LogP contribution >= 0.6 is 0 Å². The van der Waals surface area contributed by atoms with Gasteiger partial charge in [0.15, 0.2) is 6.29 Å². The van der Waals surface area contributed by atoms with Crippen molar-refractivity contribution in [3.63, 3.8) is 0 Å². The van der Waals surface area contributed by atoms with Gasteiger partial charge < -0.3 is 30.4 Å². The summed E-state index contributed by atoms with van der Waals surface area (Å²) in [6.45, 7) is 7.59. The number of ether oxygens (including phenoxy) is 3. The summed E-state index contributed by atoms with van der Waals surface area (Å²) in [4.78, 5) is 13.5. The summed E-state index contributed by atoms with van der Waals surface area (Å²) in [7, 11) is -3.92. The van der Waals surface area contributed by atoms with Crippen LogP contribution in [0.15, 0.2) is 59.5 Å². The molecule has 0 saturated carbocycles. The fraction of sp³-hybridized carbons (Fsp3) is 0.581. The maximum atomic E-state index is 13.6. The van der Waals surface area contributed by atoms with Crippen molar-refractivity contribution >= 4 is 21.7 Å². The number of nitrogens with one attached hydrogen (secondary N) is 1. The molecule has 2 aromatic rings. The van der Waals surface area contributed by atoms with E-state index in [4.69, 9.17) is 19.9 Å². The standard InChI is InChI=1S/C31H45N3O7S/c1-4-33-26-20-40-31-30(26)28(14-15-39-31)41-29(36)17-23(16-22-8-6-5-7-9-22)27(35)19-34(18-21(2)3)42(37,38)25-12-10-24(32)11-13-25/h5-13,21,23,26-28,30-31,33,35H,4,14-20,32H2,1-3H3/t23-,26+,27-,28+,30+,31+/m1/s1. The molecule has 6 atom stereocenters. The average Bonchev–Trinajstić information content (AvgIpc) is 3.37. The van der Waals surface area contributed by atoms with E-state index in [0.717, 1.165) is 12.1 Å². The summed E-state index contributed by atoms with van der Waals surface area (Å²) in [6.07, 6.45) is -1.03. The highest BCUT2D eigenvalue weighted by molar-refractivity contribution is 7.89. The first kappa shape index (κ1) is 32.4. The Bertz CT molecular complexity index is 1240. The zero-order chi connectivity index (χ0) is 30.3. The first-order valence-electron chi connectivity index (χ1n) is 14.8. The van der Waals surface area contributed by atoms with Gasteiger partial charge in [-0.3, -0.25) is 4.79 Å². The molecule has 4 N–H and O–H groups in total. The van der Waals surface area contributed by atoms with Gasteiger partial charge in [-0.15, -0.1) is 0 Å². The third-order valence-corrected chi connectivity index (χ3v) is 9.72. The predicted octanol–water partition coefficient (Wildman–Crippen LogP) is 2.81. The van der Waals surface area contributed by atoms with E-state index < -0.39 is 34.3 Å². The van der Waals surface area contributed by atoms with E-state index >= 15 is 0 Å². The zero-order valence-corrected chi connectivity index (χ0v) is 25.5. The van der Waals surface area contributed by atoms with Crippen LogP contribution in [-0.2, 0) is 35.4 Å². The van der Waals surface area contributed by atoms with Gasteiger partial charge in [-0.25, -0.2) is 8.42 Å². The second-order valence-electron chi connectivity index (χ2n) is 11.6. The summed E-state index contributed by atoms with van der Waals surface area (Å²) in [5.74, 6) is -1.11. The number of aliphatic hydroxyl groups excluding tert-OH is 1. The molecule has 2 heterocycles. The van der Waals surface area contributed by atoms with E-state index in [2.05, 4.69) is 5.32 Å². The van der Waals surface area contributed by atoms with Gasteiger partial charge in [-0.2, -0.15) is 4.31 Å². The van der Waals surface area contributed by atoms with Crippen LogP contribution in [-0.4, -0.2) is 81.2 Å². The van der Waals surface area contributed by atoms with E-state index in [1.165, 1.54) is 16.4 Å². The third-order valence-electron chi connectivity index (χ3n) is 7.87. The number of benzene rings is 2. The molecule has 0 amide bonds. The number of carbonyl (C=O) groups is 1. The van der Waals surface area contributed by atoms with Crippen molar-refractivity contribution in [2.24, 2.45) is 17.8 Å². The molecule has 0 radical (unpaired) electrons. The zero-order valence-electron chi connectivity index (χ0n) is 24.7. The number of likely N-dealkylation sites (N-methyl/N-ethyl adjacent to an activating group) is 1. The smallest absolute Gasteiger partial charge is 0.306 e. The predicted molar refractivity (Wildman–Crippen MR) is 160 cm³/mol. The molecule has 0 aliphatic carbocycles. The quantitative estimate of drug-likeness (QED) is 0.220. The Kier molecular flexibility index (Phi) is 11.4. The van der Waals surface area contributed by atoms with Crippen LogP contribution in [0, 0.1) is 17.8 Å². The molecule has 0 aromatic heterocycles. The average molecular weight is 604 g/mol. The Balaban J connectivity index is 1.52. The van der Waals surface area contributed by atoms with Crippen molar-refractivity contribution in [3.05, 3.63) is 60.2 Å². The van der Waals surface area contributed by atoms with Gasteiger partial charge in [0.25, 0.3) is 0 Å². The summed E-state index contributed by atoms with van der Waals surface area (Å²) in [5, 5.41) is 14.9. The van der Waals surface area contributed by atoms with Gasteiger partial charge in [0.1, 0.15) is 6.10 Å². The molecule has 2 aromatic carbocycles. The van der Waals surface area contributed by atoms with E-state index in [9.17, 15) is 18.3 Å². The minimum atomic E-state index is -3.92. The van der Waals surface area contributed by atoms with Crippen molar-refractivity contribution < 1.29 is 32.5 Å². The van der Waals surface area contributed by atoms with Crippen molar-refractivity contribution in [2.75, 3.05) is 38.6 Å². The second-order valence-corrected chi connectivity index (χ2v) is 13.6. The van der Waals surface area contributed by atoms with Gasteiger partial charge in [-0.05, 0) is 48.7 Å². The minimum absolute atomic E-state index is 0.0121. The lowest BCUT2D eigenvalue weighted by Crippen LogP contribution is -2.49. The van der Waals surface area contributed by atoms with Crippen molar-refractivity contribution in [2.45, 2.75) is 69.5 Å². The highest BCUT2D eigenvalue weighted by atomic mass is 32.2. The topological polar surface area (TPSA) is 140 Å². The monoisotopic (exact) mass is 603 g/mol. The summed E-state index contributed by atoms with van der Waals surface area (Å²) < 4.78 is 46.1. The van der Waals surface area contributed by atoms with E-state index in [-0.39, 0.29) is 48.4 Å². The second kappa shape index (κ2) is 14.8. The molecule has 2 aliphatic rings. The van der Waals surface area contributed by atoms with Crippen molar-refractivity contribution in [3.8, 4) is 0 Å². The number of nitrogens with zero attached hydrogens (tertiary/aromatic N) is 1. The molecule has 11 heteroatoms. The van der Waals surface area contributed by atoms with E-state index in [0.29, 0.717) is 31.7 Å². The van der Waals surface area contributed by atoms with Crippen LogP contribution in [0.1, 0.15) is 39.2 Å². The number of sulfonamides is 1. The maximum absolute atomic E-state index is 13.6. The Morgan fingerprint density at radius 2 is 1.83 bits per heavy atom. The number of hydrogen-bond donors (Lipinski definition) is 3. The maximum Gasteiger partial charge on any atom is 0.306 e. The largest absolute Gasteiger partial charge is 0.462 e. The lowest BCUT2D eigenvalue weighted by atomic mass is 9.89. The Morgan fingerprint density at radius 3 is 2.50 bits per heavy atom. The van der Waals surface area contributed by atoms with Crippen LogP contribution < -0.4 is 11.1 Å². The first-order chi connectivity index (χ1) is 20.1. The number of esters is 1. The first-order valence-corrected chi connectivity index (χ1v) is 16.3. The highest BCUT2D eigenvalue weighted by Crippen LogP contribution is 2.34. The molecular weight excluding hydrogens is 558 g/mol. The van der Waals surface area contributed by atoms with Gasteiger partial charge in [0.2, 0.25) is 10.0 Å². The molecular formula is C31H45N3O7S. The fourth-order valence-electron chi connectivity index (χ4n) is 5.81. The van der Waals surface area contributed by atoms with E-state index in [1.807, 2.05) is 51.1 Å². The molecule has 10 nitrogen and oxygen atoms in total. The number of nitrogens with two attached hydrogens (primary N) is 1. The van der Waals surface area contributed by atoms with Gasteiger partial charge in [0.05, 0.1) is 36.6 Å². The Morgan fingerprint density at radius 1 is 1.12 bits per heavy atom. The number of rotatable bonds is 14. The van der Waals surface area contributed by atoms with Gasteiger partial charge in [0, 0.05) is 37.2 Å². The molecule has 2 saturated heterocycles. The number of anilines is 1. The molecule has 4 rings (SSSR count). The number of hydrogen-bond acceptors (Lipinski definition) is 9. The molecule has 0 spiro atoms. The SMILES string of the molecule is CCN[C@H]1CO[C@@H]2OCC[C@H](OC(=O)C[C@@H](Cc3ccccc3)[C@H](O)CN(CC(C)C)S(=O)(=O)c3ccc(N)cc3)[C@@H]21. The summed E-state index contributed by atoms with van der Waals surface area (Å²) in [5.41, 5.74) is 7.17. The lowest BCUT2D eigenvalue weighted by molar-refractivity contribution is -0.196. The number of fused-ring (bicyclic) bond motifs is 1. The fourth-order valence-corrected chi connectivity index (χ4v) is 7.43. The van der Waals surface area contributed by atoms with Crippen LogP contribution in [0.4, 0.5) is 5.69 Å². The molecule has 0 bridgehead atoms. The van der Waals surface area contributed by atoms with Crippen molar-refractivity contribution in [1.82, 2.24) is 9.62 Å². The third kappa shape index (κ3) is 8.30. The van der Waals surface area contributed by atoms with Crippen LogP contribution in [0.25, 0.3) is 0 Å². The van der Waals surface area contributed by atoms with Crippen LogP contribution in [0.5, 0.6) is 0 Å². The Labute approximate surface area is 249 Å².